The van der Waals surface area contributed by atoms with Gasteiger partial charge in [0.2, 0.25) is 5.28 Å². The second-order valence-corrected chi connectivity index (χ2v) is 1.50. The number of aromatic nitrogens is 3. The third-order valence-corrected chi connectivity index (χ3v) is 0.812. The summed E-state index contributed by atoms with van der Waals surface area (Å²) < 4.78 is 0. The highest BCUT2D eigenvalue weighted by Gasteiger charge is 1.92. The van der Waals surface area contributed by atoms with E-state index in [2.05, 4.69) is 20.1 Å². The quantitative estimate of drug-likeness (QED) is 0.600. The molecule has 1 rings (SSSR count). The van der Waals surface area contributed by atoms with Crippen molar-refractivity contribution in [2.75, 3.05) is 0 Å². The first-order valence-electron chi connectivity index (χ1n) is 2.05. The molecule has 0 aliphatic rings. The van der Waals surface area contributed by atoms with Crippen LogP contribution in [0.5, 0.6) is 0 Å². The van der Waals surface area contributed by atoms with Crippen molar-refractivity contribution in [1.29, 1.82) is 5.53 Å². The molecule has 0 saturated carbocycles. The Hall–Kier alpha value is -1.10. The van der Waals surface area contributed by atoms with Crippen LogP contribution in [0.25, 0.3) is 0 Å². The molecule has 0 amide bonds. The van der Waals surface area contributed by atoms with E-state index in [9.17, 15) is 0 Å². The van der Waals surface area contributed by atoms with Gasteiger partial charge in [-0.25, -0.2) is 10.5 Å². The summed E-state index contributed by atoms with van der Waals surface area (Å²) >= 11 is 5.32. The predicted molar refractivity (Wildman–Crippen MR) is 29.6 cm³/mol. The van der Waals surface area contributed by atoms with Crippen LogP contribution in [0.2, 0.25) is 5.28 Å². The number of rotatable bonds is 1. The average molecular weight is 144 g/mol. The second-order valence-electron chi connectivity index (χ2n) is 1.17. The van der Waals surface area contributed by atoms with Gasteiger partial charge in [-0.05, 0) is 11.6 Å². The lowest BCUT2D eigenvalue weighted by molar-refractivity contribution is 0.975. The molecule has 0 fully saturated rings. The Bertz CT molecular complexity index is 223. The SMILES string of the molecule is N=Nc1ncnc(Cl)n1. The lowest BCUT2D eigenvalue weighted by atomic mass is 11.0. The van der Waals surface area contributed by atoms with Gasteiger partial charge < -0.3 is 0 Å². The van der Waals surface area contributed by atoms with Crippen LogP contribution in [0, 0.1) is 5.53 Å². The van der Waals surface area contributed by atoms with Crippen molar-refractivity contribution in [2.24, 2.45) is 5.11 Å². The molecule has 0 unspecified atom stereocenters. The normalized spacial score (nSPS) is 9.00. The van der Waals surface area contributed by atoms with E-state index >= 15 is 0 Å². The van der Waals surface area contributed by atoms with Crippen LogP contribution >= 0.6 is 11.6 Å². The fourth-order valence-electron chi connectivity index (χ4n) is 0.322. The first-order chi connectivity index (χ1) is 4.33. The summed E-state index contributed by atoms with van der Waals surface area (Å²) in [5.41, 5.74) is 6.45. The molecule has 9 heavy (non-hydrogen) atoms. The van der Waals surface area contributed by atoms with Gasteiger partial charge in [0.15, 0.2) is 0 Å². The maximum absolute atomic E-state index is 6.45. The standard InChI is InChI=1S/C3H2ClN5/c4-2-6-1-7-3(8-2)9-5/h1,5H. The van der Waals surface area contributed by atoms with E-state index in [1.54, 1.807) is 0 Å². The molecule has 0 spiro atoms. The number of hydrogen-bond donors (Lipinski definition) is 1. The van der Waals surface area contributed by atoms with Crippen molar-refractivity contribution >= 4 is 17.5 Å². The second kappa shape index (κ2) is 2.45. The molecular weight excluding hydrogens is 142 g/mol. The van der Waals surface area contributed by atoms with Gasteiger partial charge in [-0.15, -0.1) is 5.11 Å². The van der Waals surface area contributed by atoms with Crippen LogP contribution in [0.15, 0.2) is 11.4 Å². The van der Waals surface area contributed by atoms with E-state index in [0.717, 1.165) is 0 Å². The lowest BCUT2D eigenvalue weighted by Crippen LogP contribution is -1.82. The highest BCUT2D eigenvalue weighted by molar-refractivity contribution is 6.28. The van der Waals surface area contributed by atoms with Gasteiger partial charge in [-0.1, -0.05) is 0 Å². The molecule has 0 aliphatic heterocycles. The predicted octanol–water partition coefficient (Wildman–Crippen LogP) is 1.19. The van der Waals surface area contributed by atoms with Gasteiger partial charge in [-0.2, -0.15) is 9.97 Å². The third-order valence-electron chi connectivity index (χ3n) is 0.630. The summed E-state index contributed by atoms with van der Waals surface area (Å²) in [6, 6.07) is 0. The molecule has 1 aromatic heterocycles. The zero-order valence-corrected chi connectivity index (χ0v) is 5.00. The van der Waals surface area contributed by atoms with Crippen molar-refractivity contribution in [3.63, 3.8) is 0 Å². The molecule has 0 aromatic carbocycles. The largest absolute Gasteiger partial charge is 0.272 e. The van der Waals surface area contributed by atoms with Gasteiger partial charge in [0.05, 0.1) is 0 Å². The zero-order valence-electron chi connectivity index (χ0n) is 4.24. The summed E-state index contributed by atoms with van der Waals surface area (Å²) in [5, 5.41) is 2.99. The fraction of sp³-hybridized carbons (Fsp3) is 0. The van der Waals surface area contributed by atoms with E-state index < -0.39 is 0 Å². The van der Waals surface area contributed by atoms with Crippen molar-refractivity contribution < 1.29 is 0 Å². The van der Waals surface area contributed by atoms with E-state index in [0.29, 0.717) is 0 Å². The molecule has 6 heteroatoms. The van der Waals surface area contributed by atoms with Gasteiger partial charge in [0, 0.05) is 0 Å². The smallest absolute Gasteiger partial charge is 0.206 e. The third kappa shape index (κ3) is 1.39. The van der Waals surface area contributed by atoms with Crippen LogP contribution in [0.4, 0.5) is 5.95 Å². The first kappa shape index (κ1) is 6.03. The average Bonchev–Trinajstić information content (AvgIpc) is 1.88. The highest BCUT2D eigenvalue weighted by Crippen LogP contribution is 2.03. The van der Waals surface area contributed by atoms with E-state index in [1.807, 2.05) is 0 Å². The van der Waals surface area contributed by atoms with Crippen molar-refractivity contribution in [3.05, 3.63) is 11.6 Å². The van der Waals surface area contributed by atoms with Gasteiger partial charge in [0.1, 0.15) is 6.33 Å². The summed E-state index contributed by atoms with van der Waals surface area (Å²) in [4.78, 5) is 10.5. The lowest BCUT2D eigenvalue weighted by Gasteiger charge is -1.85. The number of nitrogens with one attached hydrogen (secondary N) is 1. The van der Waals surface area contributed by atoms with Crippen molar-refractivity contribution in [2.45, 2.75) is 0 Å². The summed E-state index contributed by atoms with van der Waals surface area (Å²) in [6.07, 6.45) is 1.20. The van der Waals surface area contributed by atoms with E-state index in [4.69, 9.17) is 17.1 Å². The molecule has 46 valence electrons. The van der Waals surface area contributed by atoms with Crippen molar-refractivity contribution in [3.8, 4) is 0 Å². The minimum atomic E-state index is 0.0231. The molecule has 0 atom stereocenters. The molecule has 0 aliphatic carbocycles. The molecule has 1 heterocycles. The molecule has 1 aromatic rings. The Morgan fingerprint density at radius 3 is 2.78 bits per heavy atom. The number of nitrogens with zero attached hydrogens (tertiary/aromatic N) is 4. The molecule has 0 bridgehead atoms. The number of halogens is 1. The van der Waals surface area contributed by atoms with E-state index in [-0.39, 0.29) is 11.2 Å². The maximum atomic E-state index is 6.45. The molecule has 5 nitrogen and oxygen atoms in total. The number of hydrogen-bond acceptors (Lipinski definition) is 5. The summed E-state index contributed by atoms with van der Waals surface area (Å²) in [6.45, 7) is 0. The van der Waals surface area contributed by atoms with Crippen LogP contribution in [0.3, 0.4) is 0 Å². The molecule has 0 saturated heterocycles. The van der Waals surface area contributed by atoms with Gasteiger partial charge in [-0.3, -0.25) is 0 Å². The molecular formula is C3H2ClN5. The minimum Gasteiger partial charge on any atom is -0.206 e. The maximum Gasteiger partial charge on any atom is 0.272 e. The zero-order chi connectivity index (χ0) is 6.69. The van der Waals surface area contributed by atoms with Crippen LogP contribution in [-0.2, 0) is 0 Å². The highest BCUT2D eigenvalue weighted by atomic mass is 35.5. The van der Waals surface area contributed by atoms with Crippen LogP contribution in [-0.4, -0.2) is 15.0 Å². The van der Waals surface area contributed by atoms with Crippen molar-refractivity contribution in [1.82, 2.24) is 15.0 Å². The van der Waals surface area contributed by atoms with Gasteiger partial charge in [0.25, 0.3) is 5.95 Å². The molecule has 1 N–H and O–H groups in total. The Morgan fingerprint density at radius 2 is 2.33 bits per heavy atom. The van der Waals surface area contributed by atoms with E-state index in [1.165, 1.54) is 6.33 Å². The first-order valence-corrected chi connectivity index (χ1v) is 2.42. The monoisotopic (exact) mass is 143 g/mol. The summed E-state index contributed by atoms with van der Waals surface area (Å²) in [5.74, 6) is 0.0231. The van der Waals surface area contributed by atoms with Crippen LogP contribution < -0.4 is 0 Å². The Morgan fingerprint density at radius 1 is 1.56 bits per heavy atom. The Kier molecular flexibility index (Phi) is 1.64. The molecule has 0 radical (unpaired) electrons. The summed E-state index contributed by atoms with van der Waals surface area (Å²) in [7, 11) is 0. The topological polar surface area (TPSA) is 74.9 Å². The Balaban J connectivity index is 3.07. The van der Waals surface area contributed by atoms with Gasteiger partial charge >= 0.3 is 0 Å². The minimum absolute atomic E-state index is 0.0231. The van der Waals surface area contributed by atoms with Crippen LogP contribution in [0.1, 0.15) is 0 Å². The fourth-order valence-corrected chi connectivity index (χ4v) is 0.442. The Labute approximate surface area is 55.6 Å².